The second kappa shape index (κ2) is 11.6. The monoisotopic (exact) mass is 675 g/mol. The van der Waals surface area contributed by atoms with Crippen molar-refractivity contribution in [3.05, 3.63) is 112 Å². The first-order valence-electron chi connectivity index (χ1n) is 15.5. The van der Waals surface area contributed by atoms with Gasteiger partial charge in [-0.2, -0.15) is 18.2 Å². The summed E-state index contributed by atoms with van der Waals surface area (Å²) in [5, 5.41) is 12.5. The maximum Gasteiger partial charge on any atom is 0.300 e. The molecule has 1 saturated carbocycles. The number of pyridine rings is 1. The molecule has 4 aromatic heterocycles. The molecule has 1 aliphatic carbocycles. The van der Waals surface area contributed by atoms with Crippen molar-refractivity contribution in [1.29, 1.82) is 0 Å². The molecule has 49 heavy (non-hydrogen) atoms. The Bertz CT molecular complexity index is 2540. The predicted molar refractivity (Wildman–Crippen MR) is 181 cm³/mol. The molecule has 6 aromatic rings. The van der Waals surface area contributed by atoms with Crippen LogP contribution in [-0.4, -0.2) is 49.3 Å². The quantitative estimate of drug-likeness (QED) is 0.207. The number of carbonyl (C=O) groups excluding carboxylic acids is 1. The minimum absolute atomic E-state index is 0.0654. The van der Waals surface area contributed by atoms with Crippen molar-refractivity contribution < 1.29 is 17.9 Å². The third kappa shape index (κ3) is 5.56. The number of nitrogens with zero attached hydrogens (tertiary/aromatic N) is 6. The molecule has 1 fully saturated rings. The Morgan fingerprint density at radius 3 is 2.65 bits per heavy atom. The van der Waals surface area contributed by atoms with Crippen molar-refractivity contribution in [3.63, 3.8) is 0 Å². The lowest BCUT2D eigenvalue weighted by Gasteiger charge is -2.23. The fourth-order valence-corrected chi connectivity index (χ4v) is 7.24. The summed E-state index contributed by atoms with van der Waals surface area (Å²) in [6.07, 6.45) is 7.97. The normalized spacial score (nSPS) is 14.3. The van der Waals surface area contributed by atoms with E-state index >= 15 is 0 Å². The Morgan fingerprint density at radius 2 is 1.90 bits per heavy atom. The van der Waals surface area contributed by atoms with Crippen molar-refractivity contribution in [1.82, 2.24) is 39.0 Å². The van der Waals surface area contributed by atoms with Crippen LogP contribution in [0.4, 0.5) is 5.82 Å². The van der Waals surface area contributed by atoms with Crippen LogP contribution in [0.3, 0.4) is 0 Å². The molecule has 0 radical (unpaired) electrons. The lowest BCUT2D eigenvalue weighted by molar-refractivity contribution is 0.0940. The molecular formula is C34H29N9O5S. The molecule has 1 amide bonds. The molecule has 0 spiro atoms. The van der Waals surface area contributed by atoms with E-state index in [1.165, 1.54) is 10.7 Å². The summed E-state index contributed by atoms with van der Waals surface area (Å²) in [5.74, 6) is 5.98. The van der Waals surface area contributed by atoms with E-state index in [9.17, 15) is 18.0 Å². The van der Waals surface area contributed by atoms with Crippen LogP contribution >= 0.6 is 0 Å². The van der Waals surface area contributed by atoms with Crippen LogP contribution in [0.2, 0.25) is 0 Å². The zero-order valence-electron chi connectivity index (χ0n) is 26.3. The lowest BCUT2D eigenvalue weighted by atomic mass is 9.97. The van der Waals surface area contributed by atoms with Crippen LogP contribution in [0.1, 0.15) is 58.5 Å². The maximum absolute atomic E-state index is 14.6. The second-order valence-corrected chi connectivity index (χ2v) is 13.4. The molecule has 14 nitrogen and oxygen atoms in total. The molecule has 1 atom stereocenters. The van der Waals surface area contributed by atoms with Gasteiger partial charge < -0.3 is 10.1 Å². The van der Waals surface area contributed by atoms with Gasteiger partial charge in [0.25, 0.3) is 11.5 Å². The van der Waals surface area contributed by atoms with Crippen molar-refractivity contribution in [3.8, 4) is 23.3 Å². The van der Waals surface area contributed by atoms with E-state index in [0.29, 0.717) is 39.0 Å². The third-order valence-electron chi connectivity index (χ3n) is 8.38. The number of amides is 1. The zero-order valence-corrected chi connectivity index (χ0v) is 27.2. The number of anilines is 1. The summed E-state index contributed by atoms with van der Waals surface area (Å²) >= 11 is 0. The van der Waals surface area contributed by atoms with Gasteiger partial charge >= 0.3 is 10.2 Å². The van der Waals surface area contributed by atoms with Gasteiger partial charge in [-0.1, -0.05) is 30.0 Å². The first-order valence-corrected chi connectivity index (χ1v) is 17.0. The number of aromatic nitrogens is 6. The number of rotatable bonds is 8. The van der Waals surface area contributed by atoms with Crippen LogP contribution in [0, 0.1) is 11.8 Å². The van der Waals surface area contributed by atoms with Gasteiger partial charge in [-0.05, 0) is 50.1 Å². The molecule has 1 aliphatic heterocycles. The standard InChI is InChI=1S/C34H29N9O5S/c1-20(37-33(44)29-31(38-42-16-6-15-35-32(29)42)40-49(46,47)39-23-12-13-23)30-25-19-48-26-14-11-22(10-9-21-17-36-41(2)18-21)27(28(25)26)34(45)43(30)24-7-4-3-5-8-24/h3-8,11,14-18,20,23,39H,12-13,19H2,1-2H3,(H,37,44)(H,38,40)/t20-/m0/s1. The Hall–Kier alpha value is -5.98. The topological polar surface area (TPSA) is 167 Å². The van der Waals surface area contributed by atoms with E-state index in [2.05, 4.69) is 41.8 Å². The molecule has 2 aromatic carbocycles. The minimum atomic E-state index is -4.02. The molecule has 246 valence electrons. The summed E-state index contributed by atoms with van der Waals surface area (Å²) < 4.78 is 41.3. The summed E-state index contributed by atoms with van der Waals surface area (Å²) in [6.45, 7) is 1.92. The van der Waals surface area contributed by atoms with Crippen LogP contribution < -0.4 is 25.1 Å². The number of benzene rings is 2. The maximum atomic E-state index is 14.6. The Kier molecular flexibility index (Phi) is 7.20. The summed E-state index contributed by atoms with van der Waals surface area (Å²) in [6, 6.07) is 13.4. The van der Waals surface area contributed by atoms with Gasteiger partial charge in [0, 0.05) is 53.9 Å². The van der Waals surface area contributed by atoms with E-state index < -0.39 is 22.2 Å². The van der Waals surface area contributed by atoms with Crippen molar-refractivity contribution in [2.45, 2.75) is 38.5 Å². The van der Waals surface area contributed by atoms with Gasteiger partial charge in [0.1, 0.15) is 17.9 Å². The number of ether oxygens (including phenoxy) is 1. The SMILES string of the molecule is C[C@H](NC(=O)c1c(NS(=O)(=O)NC2CC2)nn2cccnc12)c1c2c3c(ccc(C#Cc4cnn(C)c4)c3c(=O)n1-c1ccccc1)OC2. The fourth-order valence-electron chi connectivity index (χ4n) is 6.11. The third-order valence-corrected chi connectivity index (χ3v) is 9.48. The van der Waals surface area contributed by atoms with E-state index in [-0.39, 0.29) is 35.2 Å². The lowest BCUT2D eigenvalue weighted by Crippen LogP contribution is -2.35. The fraction of sp³-hybridized carbons (Fsp3) is 0.206. The number of para-hydroxylation sites is 1. The van der Waals surface area contributed by atoms with Crippen LogP contribution in [0.15, 0.2) is 78.1 Å². The van der Waals surface area contributed by atoms with Gasteiger partial charge in [-0.3, -0.25) is 23.6 Å². The molecule has 2 aliphatic rings. The van der Waals surface area contributed by atoms with Gasteiger partial charge in [0.05, 0.1) is 28.9 Å². The van der Waals surface area contributed by atoms with E-state index in [1.807, 2.05) is 30.3 Å². The van der Waals surface area contributed by atoms with Crippen LogP contribution in [0.5, 0.6) is 5.75 Å². The van der Waals surface area contributed by atoms with Gasteiger partial charge in [0.2, 0.25) is 0 Å². The average Bonchev–Trinajstić information content (AvgIpc) is 3.44. The van der Waals surface area contributed by atoms with E-state index in [4.69, 9.17) is 4.74 Å². The first kappa shape index (κ1) is 30.4. The molecule has 3 N–H and O–H groups in total. The van der Waals surface area contributed by atoms with Crippen molar-refractivity contribution in [2.75, 3.05) is 4.72 Å². The van der Waals surface area contributed by atoms with E-state index in [0.717, 1.165) is 18.4 Å². The number of hydrogen-bond acceptors (Lipinski definition) is 8. The average molecular weight is 676 g/mol. The Balaban J connectivity index is 1.25. The summed E-state index contributed by atoms with van der Waals surface area (Å²) in [7, 11) is -2.21. The first-order chi connectivity index (χ1) is 23.7. The van der Waals surface area contributed by atoms with Crippen LogP contribution in [0.25, 0.3) is 22.1 Å². The van der Waals surface area contributed by atoms with E-state index in [1.54, 1.807) is 60.0 Å². The predicted octanol–water partition coefficient (Wildman–Crippen LogP) is 2.96. The highest BCUT2D eigenvalue weighted by Gasteiger charge is 2.33. The molecular weight excluding hydrogens is 646 g/mol. The largest absolute Gasteiger partial charge is 0.488 e. The number of nitrogens with one attached hydrogen (secondary N) is 3. The number of aryl methyl sites for hydroxylation is 1. The molecule has 15 heteroatoms. The molecule has 0 unspecified atom stereocenters. The second-order valence-electron chi connectivity index (χ2n) is 11.9. The van der Waals surface area contributed by atoms with Crippen molar-refractivity contribution in [2.24, 2.45) is 7.05 Å². The number of hydrogen-bond donors (Lipinski definition) is 3. The molecule has 0 saturated heterocycles. The highest BCUT2D eigenvalue weighted by atomic mass is 32.2. The molecule has 0 bridgehead atoms. The van der Waals surface area contributed by atoms with Crippen molar-refractivity contribution >= 4 is 38.4 Å². The zero-order chi connectivity index (χ0) is 33.9. The van der Waals surface area contributed by atoms with Gasteiger partial charge in [-0.15, -0.1) is 5.10 Å². The Morgan fingerprint density at radius 1 is 1.08 bits per heavy atom. The van der Waals surface area contributed by atoms with Gasteiger partial charge in [0.15, 0.2) is 11.5 Å². The van der Waals surface area contributed by atoms with Crippen LogP contribution in [-0.2, 0) is 23.9 Å². The number of fused-ring (bicyclic) bond motifs is 1. The van der Waals surface area contributed by atoms with Gasteiger partial charge in [-0.25, -0.2) is 9.50 Å². The number of carbonyl (C=O) groups is 1. The minimum Gasteiger partial charge on any atom is -0.488 e. The highest BCUT2D eigenvalue weighted by Crippen LogP contribution is 2.39. The molecule has 8 rings (SSSR count). The summed E-state index contributed by atoms with van der Waals surface area (Å²) in [4.78, 5) is 33.1. The smallest absolute Gasteiger partial charge is 0.300 e. The molecule has 5 heterocycles. The highest BCUT2D eigenvalue weighted by molar-refractivity contribution is 7.90. The Labute approximate surface area is 279 Å². The summed E-state index contributed by atoms with van der Waals surface area (Å²) in [5.41, 5.74) is 2.81.